The fourth-order valence-electron chi connectivity index (χ4n) is 5.47. The summed E-state index contributed by atoms with van der Waals surface area (Å²) in [6, 6.07) is 11.2. The van der Waals surface area contributed by atoms with Crippen molar-refractivity contribution in [1.29, 1.82) is 5.26 Å². The van der Waals surface area contributed by atoms with Crippen molar-refractivity contribution >= 4 is 11.6 Å². The number of anilines is 1. The predicted octanol–water partition coefficient (Wildman–Crippen LogP) is 1.87. The third-order valence-corrected chi connectivity index (χ3v) is 7.38. The smallest absolute Gasteiger partial charge is 0.380 e. The van der Waals surface area contributed by atoms with E-state index < -0.39 is 29.6 Å². The van der Waals surface area contributed by atoms with Gasteiger partial charge in [-0.05, 0) is 42.7 Å². The van der Waals surface area contributed by atoms with Crippen LogP contribution in [0.5, 0.6) is 0 Å². The van der Waals surface area contributed by atoms with E-state index in [0.717, 1.165) is 6.07 Å². The lowest BCUT2D eigenvalue weighted by atomic mass is 9.88. The van der Waals surface area contributed by atoms with Crippen molar-refractivity contribution in [3.8, 4) is 6.07 Å². The summed E-state index contributed by atoms with van der Waals surface area (Å²) in [6.07, 6.45) is -3.09. The molecule has 1 aromatic carbocycles. The van der Waals surface area contributed by atoms with E-state index in [4.69, 9.17) is 4.74 Å². The van der Waals surface area contributed by atoms with Gasteiger partial charge in [-0.15, -0.1) is 0 Å². The lowest BCUT2D eigenvalue weighted by molar-refractivity contribution is -0.249. The minimum atomic E-state index is -5.00. The summed E-state index contributed by atoms with van der Waals surface area (Å²) in [4.78, 5) is 16.6. The van der Waals surface area contributed by atoms with E-state index in [1.165, 1.54) is 42.6 Å². The van der Waals surface area contributed by atoms with Gasteiger partial charge >= 0.3 is 6.18 Å². The third-order valence-electron chi connectivity index (χ3n) is 7.38. The molecule has 9 nitrogen and oxygen atoms in total. The first-order valence-corrected chi connectivity index (χ1v) is 12.1. The van der Waals surface area contributed by atoms with Gasteiger partial charge in [0.2, 0.25) is 11.5 Å². The van der Waals surface area contributed by atoms with E-state index in [0.29, 0.717) is 38.3 Å². The van der Waals surface area contributed by atoms with Crippen LogP contribution in [-0.2, 0) is 15.1 Å². The predicted molar refractivity (Wildman–Crippen MR) is 125 cm³/mol. The molecule has 6 atom stereocenters. The number of hydrogen-bond donors (Lipinski definition) is 4. The number of piperidine rings is 1. The van der Waals surface area contributed by atoms with Gasteiger partial charge in [-0.3, -0.25) is 9.78 Å². The Hall–Kier alpha value is -3.24. The average Bonchev–Trinajstić information content (AvgIpc) is 3.27. The number of pyridine rings is 1. The number of fused-ring (bicyclic) bond motifs is 1. The number of halogens is 3. The molecule has 2 aromatic rings. The van der Waals surface area contributed by atoms with E-state index in [9.17, 15) is 28.3 Å². The highest BCUT2D eigenvalue weighted by Crippen LogP contribution is 2.43. The fourth-order valence-corrected chi connectivity index (χ4v) is 5.47. The molecule has 0 aliphatic carbocycles. The SMILES string of the molecule is N#C[C@H]1CCOCC1N1NC(Nc2ccc(C(O)(c3ccccn3)C(F)(F)F)cc2)C2C(=O)NCCC21. The van der Waals surface area contributed by atoms with Gasteiger partial charge in [0.15, 0.2) is 0 Å². The number of rotatable bonds is 5. The van der Waals surface area contributed by atoms with Gasteiger partial charge in [-0.1, -0.05) is 18.2 Å². The van der Waals surface area contributed by atoms with Crippen molar-refractivity contribution in [2.75, 3.05) is 25.1 Å². The Bertz CT molecular complexity index is 1160. The molecular formula is C25H27F3N6O3. The minimum Gasteiger partial charge on any atom is -0.380 e. The Kier molecular flexibility index (Phi) is 6.80. The molecule has 0 bridgehead atoms. The van der Waals surface area contributed by atoms with E-state index >= 15 is 0 Å². The number of carbonyl (C=O) groups excluding carboxylic acids is 1. The monoisotopic (exact) mass is 516 g/mol. The number of alkyl halides is 3. The third kappa shape index (κ3) is 4.53. The molecule has 5 rings (SSSR count). The Balaban J connectivity index is 1.39. The van der Waals surface area contributed by atoms with Crippen LogP contribution >= 0.6 is 0 Å². The molecule has 0 saturated carbocycles. The zero-order chi connectivity index (χ0) is 26.2. The fraction of sp³-hybridized carbons (Fsp3) is 0.480. The molecule has 3 aliphatic rings. The maximum Gasteiger partial charge on any atom is 0.427 e. The number of nitrogens with one attached hydrogen (secondary N) is 3. The summed E-state index contributed by atoms with van der Waals surface area (Å²) in [5, 5.41) is 28.4. The highest BCUT2D eigenvalue weighted by molar-refractivity contribution is 5.82. The molecule has 4 N–H and O–H groups in total. The van der Waals surface area contributed by atoms with Crippen LogP contribution in [0.25, 0.3) is 0 Å². The van der Waals surface area contributed by atoms with Crippen LogP contribution in [0.1, 0.15) is 24.1 Å². The van der Waals surface area contributed by atoms with E-state index in [1.807, 2.05) is 5.01 Å². The molecule has 4 heterocycles. The maximum absolute atomic E-state index is 14.0. The second-order valence-corrected chi connectivity index (χ2v) is 9.50. The van der Waals surface area contributed by atoms with Gasteiger partial charge < -0.3 is 20.5 Å². The second kappa shape index (κ2) is 9.90. The Morgan fingerprint density at radius 2 is 1.95 bits per heavy atom. The molecule has 3 fully saturated rings. The summed E-state index contributed by atoms with van der Waals surface area (Å²) in [7, 11) is 0. The van der Waals surface area contributed by atoms with Crippen LogP contribution in [0.2, 0.25) is 0 Å². The highest BCUT2D eigenvalue weighted by atomic mass is 19.4. The van der Waals surface area contributed by atoms with Gasteiger partial charge in [0.1, 0.15) is 6.17 Å². The molecular weight excluding hydrogens is 489 g/mol. The lowest BCUT2D eigenvalue weighted by Crippen LogP contribution is -2.56. The zero-order valence-corrected chi connectivity index (χ0v) is 19.8. The standard InChI is InChI=1S/C25H27F3N6O3/c26-25(27,28)24(36,20-3-1-2-10-30-20)16-4-6-17(7-5-16)32-22-21-18(8-11-31-23(21)35)34(33-22)19-14-37-12-9-15(19)13-29/h1-7,10,15,18-19,21-22,32-33,36H,8-9,11-12,14H2,(H,31,35)/t15-,18?,19?,21?,22?,24?/m1/s1. The van der Waals surface area contributed by atoms with Gasteiger partial charge in [0, 0.05) is 31.1 Å². The molecule has 3 saturated heterocycles. The minimum absolute atomic E-state index is 0.146. The molecule has 0 radical (unpaired) electrons. The topological polar surface area (TPSA) is 123 Å². The van der Waals surface area contributed by atoms with E-state index in [1.54, 1.807) is 0 Å². The first kappa shape index (κ1) is 25.4. The first-order chi connectivity index (χ1) is 17.7. The summed E-state index contributed by atoms with van der Waals surface area (Å²) < 4.78 is 47.7. The number of ether oxygens (including phenoxy) is 1. The van der Waals surface area contributed by atoms with Crippen LogP contribution in [0.3, 0.4) is 0 Å². The molecule has 37 heavy (non-hydrogen) atoms. The number of nitrogens with zero attached hydrogens (tertiary/aromatic N) is 3. The normalized spacial score (nSPS) is 30.0. The van der Waals surface area contributed by atoms with Crippen LogP contribution < -0.4 is 16.1 Å². The lowest BCUT2D eigenvalue weighted by Gasteiger charge is -2.39. The van der Waals surface area contributed by atoms with Gasteiger partial charge in [0.05, 0.1) is 36.2 Å². The molecule has 1 amide bonds. The number of hydrazine groups is 1. The summed E-state index contributed by atoms with van der Waals surface area (Å²) in [5.41, 5.74) is -0.396. The van der Waals surface area contributed by atoms with Crippen LogP contribution in [0.4, 0.5) is 18.9 Å². The van der Waals surface area contributed by atoms with Crippen molar-refractivity contribution in [3.63, 3.8) is 0 Å². The quantitative estimate of drug-likeness (QED) is 0.475. The molecule has 3 aliphatic heterocycles. The van der Waals surface area contributed by atoms with E-state index in [2.05, 4.69) is 27.1 Å². The number of benzene rings is 1. The Morgan fingerprint density at radius 3 is 2.62 bits per heavy atom. The summed E-state index contributed by atoms with van der Waals surface area (Å²) in [5.74, 6) is -0.890. The van der Waals surface area contributed by atoms with Crippen molar-refractivity contribution in [2.45, 2.75) is 42.9 Å². The van der Waals surface area contributed by atoms with E-state index in [-0.39, 0.29) is 29.5 Å². The second-order valence-electron chi connectivity index (χ2n) is 9.50. The number of carbonyl (C=O) groups is 1. The molecule has 1 aromatic heterocycles. The molecule has 0 spiro atoms. The van der Waals surface area contributed by atoms with Crippen LogP contribution in [0.15, 0.2) is 48.7 Å². The summed E-state index contributed by atoms with van der Waals surface area (Å²) in [6.45, 7) is 1.38. The molecule has 12 heteroatoms. The van der Waals surface area contributed by atoms with Crippen LogP contribution in [0, 0.1) is 23.2 Å². The maximum atomic E-state index is 14.0. The molecule has 5 unspecified atom stereocenters. The number of nitriles is 1. The van der Waals surface area contributed by atoms with Gasteiger partial charge in [-0.2, -0.15) is 18.4 Å². The number of amides is 1. The Labute approximate surface area is 211 Å². The van der Waals surface area contributed by atoms with Crippen molar-refractivity contribution in [1.82, 2.24) is 20.7 Å². The first-order valence-electron chi connectivity index (χ1n) is 12.1. The number of aliphatic hydroxyl groups is 1. The largest absolute Gasteiger partial charge is 0.427 e. The average molecular weight is 517 g/mol. The summed E-state index contributed by atoms with van der Waals surface area (Å²) >= 11 is 0. The van der Waals surface area contributed by atoms with Crippen molar-refractivity contribution in [2.24, 2.45) is 11.8 Å². The number of aromatic nitrogens is 1. The Morgan fingerprint density at radius 1 is 1.16 bits per heavy atom. The van der Waals surface area contributed by atoms with Crippen molar-refractivity contribution < 1.29 is 27.8 Å². The van der Waals surface area contributed by atoms with Crippen molar-refractivity contribution in [3.05, 3.63) is 59.9 Å². The zero-order valence-electron chi connectivity index (χ0n) is 19.8. The van der Waals surface area contributed by atoms with Crippen LogP contribution in [-0.4, -0.2) is 65.2 Å². The van der Waals surface area contributed by atoms with Gasteiger partial charge in [-0.25, -0.2) is 10.4 Å². The molecule has 196 valence electrons. The highest BCUT2D eigenvalue weighted by Gasteiger charge is 2.57. The number of hydrogen-bond acceptors (Lipinski definition) is 8. The van der Waals surface area contributed by atoms with Gasteiger partial charge in [0.25, 0.3) is 0 Å².